The summed E-state index contributed by atoms with van der Waals surface area (Å²) in [6.07, 6.45) is 2.99. The minimum Gasteiger partial charge on any atom is -0.480 e. The lowest BCUT2D eigenvalue weighted by Gasteiger charge is -2.39. The van der Waals surface area contributed by atoms with Gasteiger partial charge in [0.05, 0.1) is 4.75 Å². The normalized spacial score (nSPS) is 16.0. The molecule has 1 heterocycles. The van der Waals surface area contributed by atoms with E-state index < -0.39 is 34.4 Å². The predicted octanol–water partition coefficient (Wildman–Crippen LogP) is 9.41. The van der Waals surface area contributed by atoms with Gasteiger partial charge in [0.25, 0.3) is 5.91 Å². The molecular formula is C48H53N3O5S2. The first-order valence-electron chi connectivity index (χ1n) is 19.8. The number of carboxylic acid groups (broad SMARTS) is 1. The molecule has 6 rings (SSSR count). The summed E-state index contributed by atoms with van der Waals surface area (Å²) in [4.78, 5) is 42.0. The van der Waals surface area contributed by atoms with Crippen molar-refractivity contribution in [3.8, 4) is 0 Å². The summed E-state index contributed by atoms with van der Waals surface area (Å²) in [7, 11) is 0. The van der Waals surface area contributed by atoms with Crippen LogP contribution < -0.4 is 15.5 Å². The van der Waals surface area contributed by atoms with Crippen LogP contribution in [0.5, 0.6) is 0 Å². The SMILES string of the molecule is CSCC[C@H](NC(=O)c1ccc(N(C[C@H]2NCC[C@@H]2SC(c2ccccc2)(c2ccccc2)c2ccccc2)C(=O)OC(C)(C)C)cc1Cc1ccccc1)C(=O)O. The number of ether oxygens (including phenoxy) is 1. The van der Waals surface area contributed by atoms with Gasteiger partial charge in [0.1, 0.15) is 11.6 Å². The molecule has 5 aromatic carbocycles. The van der Waals surface area contributed by atoms with Gasteiger partial charge >= 0.3 is 12.1 Å². The number of anilines is 1. The number of hydrogen-bond donors (Lipinski definition) is 3. The molecule has 0 aliphatic carbocycles. The van der Waals surface area contributed by atoms with Gasteiger partial charge in [0, 0.05) is 29.1 Å². The predicted molar refractivity (Wildman–Crippen MR) is 238 cm³/mol. The Morgan fingerprint density at radius 2 is 1.38 bits per heavy atom. The molecule has 0 spiro atoms. The molecule has 58 heavy (non-hydrogen) atoms. The zero-order chi connectivity index (χ0) is 41.1. The highest BCUT2D eigenvalue weighted by molar-refractivity contribution is 8.01. The van der Waals surface area contributed by atoms with Crippen molar-refractivity contribution in [3.63, 3.8) is 0 Å². The monoisotopic (exact) mass is 815 g/mol. The topological polar surface area (TPSA) is 108 Å². The number of nitrogens with zero attached hydrogens (tertiary/aromatic N) is 1. The number of rotatable bonds is 16. The molecule has 0 unspecified atom stereocenters. The van der Waals surface area contributed by atoms with Crippen molar-refractivity contribution in [2.45, 2.75) is 67.7 Å². The number of carboxylic acids is 1. The third kappa shape index (κ3) is 10.5. The van der Waals surface area contributed by atoms with Crippen molar-refractivity contribution in [2.75, 3.05) is 30.0 Å². The first-order chi connectivity index (χ1) is 28.0. The van der Waals surface area contributed by atoms with E-state index in [2.05, 4.69) is 83.4 Å². The van der Waals surface area contributed by atoms with Crippen LogP contribution in [0.15, 0.2) is 140 Å². The van der Waals surface area contributed by atoms with Crippen molar-refractivity contribution in [2.24, 2.45) is 0 Å². The number of amides is 2. The van der Waals surface area contributed by atoms with E-state index in [0.29, 0.717) is 42.0 Å². The largest absolute Gasteiger partial charge is 0.480 e. The fraction of sp³-hybridized carbons (Fsp3) is 0.312. The Bertz CT molecular complexity index is 2020. The number of hydrogen-bond acceptors (Lipinski definition) is 7. The molecular weight excluding hydrogens is 763 g/mol. The number of thioether (sulfide) groups is 2. The van der Waals surface area contributed by atoms with Gasteiger partial charge in [0.2, 0.25) is 0 Å². The first kappa shape index (κ1) is 42.6. The number of carbonyl (C=O) groups excluding carboxylic acids is 2. The maximum Gasteiger partial charge on any atom is 0.414 e. The maximum atomic E-state index is 14.3. The van der Waals surface area contributed by atoms with Crippen LogP contribution in [0.3, 0.4) is 0 Å². The van der Waals surface area contributed by atoms with Crippen LogP contribution in [0.4, 0.5) is 10.5 Å². The lowest BCUT2D eigenvalue weighted by Crippen LogP contribution is -2.47. The Kier molecular flexibility index (Phi) is 14.4. The van der Waals surface area contributed by atoms with Gasteiger partial charge in [-0.1, -0.05) is 121 Å². The zero-order valence-corrected chi connectivity index (χ0v) is 35.2. The number of nitrogens with one attached hydrogen (secondary N) is 2. The van der Waals surface area contributed by atoms with Gasteiger partial charge in [-0.05, 0) is 105 Å². The first-order valence-corrected chi connectivity index (χ1v) is 22.0. The van der Waals surface area contributed by atoms with Crippen molar-refractivity contribution < 1.29 is 24.2 Å². The van der Waals surface area contributed by atoms with Crippen LogP contribution in [0.25, 0.3) is 0 Å². The van der Waals surface area contributed by atoms with E-state index in [1.54, 1.807) is 17.0 Å². The van der Waals surface area contributed by atoms with Crippen molar-refractivity contribution in [1.82, 2.24) is 10.6 Å². The highest BCUT2D eigenvalue weighted by Gasteiger charge is 2.43. The van der Waals surface area contributed by atoms with Crippen LogP contribution in [0, 0.1) is 0 Å². The van der Waals surface area contributed by atoms with Crippen molar-refractivity contribution in [1.29, 1.82) is 0 Å². The summed E-state index contributed by atoms with van der Waals surface area (Å²) in [6, 6.07) is 45.9. The number of aliphatic carboxylic acids is 1. The van der Waals surface area contributed by atoms with E-state index in [-0.39, 0.29) is 11.3 Å². The molecule has 3 atom stereocenters. The van der Waals surface area contributed by atoms with Gasteiger partial charge in [-0.3, -0.25) is 9.69 Å². The van der Waals surface area contributed by atoms with E-state index in [4.69, 9.17) is 4.74 Å². The molecule has 10 heteroatoms. The second-order valence-electron chi connectivity index (χ2n) is 15.5. The highest BCUT2D eigenvalue weighted by atomic mass is 32.2. The third-order valence-corrected chi connectivity index (χ3v) is 12.8. The second kappa shape index (κ2) is 19.6. The Hall–Kier alpha value is -5.03. The Balaban J connectivity index is 1.39. The Morgan fingerprint density at radius 3 is 1.90 bits per heavy atom. The molecule has 8 nitrogen and oxygen atoms in total. The molecule has 0 aromatic heterocycles. The Labute approximate surface area is 351 Å². The van der Waals surface area contributed by atoms with E-state index in [1.165, 1.54) is 28.5 Å². The molecule has 1 aliphatic heterocycles. The van der Waals surface area contributed by atoms with Crippen LogP contribution >= 0.6 is 23.5 Å². The molecule has 5 aromatic rings. The fourth-order valence-corrected chi connectivity index (χ4v) is 9.80. The molecule has 3 N–H and O–H groups in total. The molecule has 1 saturated heterocycles. The molecule has 1 aliphatic rings. The van der Waals surface area contributed by atoms with Crippen molar-refractivity contribution in [3.05, 3.63) is 173 Å². The summed E-state index contributed by atoms with van der Waals surface area (Å²) in [5.41, 5.74) is 5.35. The molecule has 1 fully saturated rings. The van der Waals surface area contributed by atoms with E-state index in [9.17, 15) is 19.5 Å². The van der Waals surface area contributed by atoms with Gasteiger partial charge in [-0.15, -0.1) is 11.8 Å². The van der Waals surface area contributed by atoms with Crippen molar-refractivity contribution >= 4 is 47.2 Å². The summed E-state index contributed by atoms with van der Waals surface area (Å²) < 4.78 is 5.52. The molecule has 0 bridgehead atoms. The standard InChI is InChI=1S/C48H53N3O5S2/c1-47(2,3)56-46(55)51(39-25-26-40(35(32-39)31-34-17-9-5-10-18-34)44(52)50-41(45(53)54)28-30-57-4)33-42-43(27-29-49-42)58-48(36-19-11-6-12-20-36,37-21-13-7-14-22-37)38-23-15-8-16-24-38/h5-26,32,41-43,49H,27-31,33H2,1-4H3,(H,50,52)(H,53,54)/t41-,42+,43-/m0/s1. The lowest BCUT2D eigenvalue weighted by atomic mass is 9.84. The number of carbonyl (C=O) groups is 3. The van der Waals surface area contributed by atoms with E-state index in [1.807, 2.05) is 93.4 Å². The Morgan fingerprint density at radius 1 is 0.828 bits per heavy atom. The average Bonchev–Trinajstić information content (AvgIpc) is 3.67. The summed E-state index contributed by atoms with van der Waals surface area (Å²) in [5.74, 6) is -0.954. The lowest BCUT2D eigenvalue weighted by molar-refractivity contribution is -0.139. The highest BCUT2D eigenvalue weighted by Crippen LogP contribution is 2.52. The number of benzene rings is 5. The maximum absolute atomic E-state index is 14.3. The molecule has 0 saturated carbocycles. The van der Waals surface area contributed by atoms with Crippen LogP contribution in [0.1, 0.15) is 71.8 Å². The quantitative estimate of drug-likeness (QED) is 0.0847. The minimum absolute atomic E-state index is 0.0774. The van der Waals surface area contributed by atoms with Crippen LogP contribution in [0.2, 0.25) is 0 Å². The van der Waals surface area contributed by atoms with E-state index in [0.717, 1.165) is 18.5 Å². The summed E-state index contributed by atoms with van der Waals surface area (Å²) >= 11 is 3.44. The summed E-state index contributed by atoms with van der Waals surface area (Å²) in [6.45, 7) is 6.65. The average molecular weight is 816 g/mol. The smallest absolute Gasteiger partial charge is 0.414 e. The molecule has 302 valence electrons. The zero-order valence-electron chi connectivity index (χ0n) is 33.6. The van der Waals surface area contributed by atoms with Crippen LogP contribution in [-0.2, 0) is 20.7 Å². The van der Waals surface area contributed by atoms with E-state index >= 15 is 0 Å². The fourth-order valence-electron chi connectivity index (χ4n) is 7.48. The molecule has 2 amide bonds. The second-order valence-corrected chi connectivity index (χ2v) is 18.0. The van der Waals surface area contributed by atoms with Gasteiger partial charge in [-0.25, -0.2) is 9.59 Å². The minimum atomic E-state index is -1.08. The molecule has 0 radical (unpaired) electrons. The van der Waals surface area contributed by atoms with Gasteiger partial charge in [0.15, 0.2) is 0 Å². The van der Waals surface area contributed by atoms with Crippen LogP contribution in [-0.4, -0.2) is 71.1 Å². The van der Waals surface area contributed by atoms with Gasteiger partial charge < -0.3 is 20.5 Å². The summed E-state index contributed by atoms with van der Waals surface area (Å²) in [5, 5.41) is 16.5. The third-order valence-electron chi connectivity index (χ3n) is 10.2. The van der Waals surface area contributed by atoms with Gasteiger partial charge in [-0.2, -0.15) is 11.8 Å².